The molecule has 0 aromatic carbocycles. The molecule has 0 aliphatic heterocycles. The van der Waals surface area contributed by atoms with Crippen LogP contribution in [0.25, 0.3) is 0 Å². The topological polar surface area (TPSA) is 60.2 Å². The summed E-state index contributed by atoms with van der Waals surface area (Å²) in [5.74, 6) is 0.520. The molecule has 0 radical (unpaired) electrons. The largest absolute Gasteiger partial charge is 0.481 e. The highest BCUT2D eigenvalue weighted by Gasteiger charge is 2.11. The molecule has 0 bridgehead atoms. The lowest BCUT2D eigenvalue weighted by molar-refractivity contribution is 0.161. The molecular formula is C13H17N3O2. The molecule has 1 atom stereocenters. The van der Waals surface area contributed by atoms with Gasteiger partial charge in [-0.3, -0.25) is 4.68 Å². The minimum atomic E-state index is -0.588. The molecule has 2 aromatic heterocycles. The van der Waals surface area contributed by atoms with Crippen LogP contribution in [0.1, 0.15) is 23.9 Å². The van der Waals surface area contributed by atoms with Crippen molar-refractivity contribution < 1.29 is 9.84 Å². The molecule has 18 heavy (non-hydrogen) atoms. The van der Waals surface area contributed by atoms with Crippen LogP contribution in [0, 0.1) is 0 Å². The average Bonchev–Trinajstić information content (AvgIpc) is 2.81. The van der Waals surface area contributed by atoms with Crippen molar-refractivity contribution in [2.75, 3.05) is 7.11 Å². The molecule has 2 aromatic rings. The maximum atomic E-state index is 10.1. The summed E-state index contributed by atoms with van der Waals surface area (Å²) < 4.78 is 6.85. The Labute approximate surface area is 106 Å². The minimum absolute atomic E-state index is 0.520. The summed E-state index contributed by atoms with van der Waals surface area (Å²) in [5.41, 5.74) is 1.73. The number of aryl methyl sites for hydroxylation is 2. The van der Waals surface area contributed by atoms with Crippen molar-refractivity contribution in [3.05, 3.63) is 41.9 Å². The Morgan fingerprint density at radius 1 is 1.39 bits per heavy atom. The van der Waals surface area contributed by atoms with Crippen LogP contribution < -0.4 is 4.74 Å². The van der Waals surface area contributed by atoms with Crippen LogP contribution in [-0.2, 0) is 13.5 Å². The maximum absolute atomic E-state index is 10.1. The van der Waals surface area contributed by atoms with E-state index in [1.54, 1.807) is 25.4 Å². The molecule has 0 spiro atoms. The smallest absolute Gasteiger partial charge is 0.213 e. The molecule has 0 fully saturated rings. The number of aliphatic hydroxyl groups excluding tert-OH is 1. The standard InChI is InChI=1S/C13H17N3O2/c1-16-10(8-9-14-16)6-7-12(17)11-4-3-5-13(15-11)18-2/h3-5,8-9,12,17H,6-7H2,1-2H3. The fourth-order valence-corrected chi connectivity index (χ4v) is 1.81. The number of rotatable bonds is 5. The molecule has 5 nitrogen and oxygen atoms in total. The van der Waals surface area contributed by atoms with E-state index in [9.17, 15) is 5.11 Å². The van der Waals surface area contributed by atoms with Crippen molar-refractivity contribution in [2.24, 2.45) is 7.05 Å². The van der Waals surface area contributed by atoms with Crippen molar-refractivity contribution in [2.45, 2.75) is 18.9 Å². The molecule has 5 heteroatoms. The van der Waals surface area contributed by atoms with Crippen LogP contribution in [0.4, 0.5) is 0 Å². The summed E-state index contributed by atoms with van der Waals surface area (Å²) in [6, 6.07) is 7.34. The van der Waals surface area contributed by atoms with Gasteiger partial charge in [0.15, 0.2) is 0 Å². The van der Waals surface area contributed by atoms with Crippen LogP contribution >= 0.6 is 0 Å². The van der Waals surface area contributed by atoms with E-state index in [1.807, 2.05) is 23.9 Å². The van der Waals surface area contributed by atoms with Crippen LogP contribution in [-0.4, -0.2) is 27.0 Å². The number of nitrogens with zero attached hydrogens (tertiary/aromatic N) is 3. The summed E-state index contributed by atoms with van der Waals surface area (Å²) in [6.45, 7) is 0. The number of pyridine rings is 1. The Morgan fingerprint density at radius 2 is 2.22 bits per heavy atom. The van der Waals surface area contributed by atoms with Gasteiger partial charge in [-0.15, -0.1) is 0 Å². The predicted molar refractivity (Wildman–Crippen MR) is 67.3 cm³/mol. The van der Waals surface area contributed by atoms with E-state index >= 15 is 0 Å². The van der Waals surface area contributed by atoms with Gasteiger partial charge in [0.1, 0.15) is 0 Å². The van der Waals surface area contributed by atoms with Crippen LogP contribution in [0.15, 0.2) is 30.5 Å². The van der Waals surface area contributed by atoms with Gasteiger partial charge in [0.25, 0.3) is 0 Å². The summed E-state index contributed by atoms with van der Waals surface area (Å²) in [7, 11) is 3.46. The number of methoxy groups -OCH3 is 1. The third kappa shape index (κ3) is 2.87. The minimum Gasteiger partial charge on any atom is -0.481 e. The van der Waals surface area contributed by atoms with E-state index in [2.05, 4.69) is 10.1 Å². The van der Waals surface area contributed by atoms with Gasteiger partial charge in [-0.1, -0.05) is 6.07 Å². The molecule has 0 aliphatic rings. The van der Waals surface area contributed by atoms with Crippen molar-refractivity contribution in [3.8, 4) is 5.88 Å². The summed E-state index contributed by atoms with van der Waals surface area (Å²) in [4.78, 5) is 4.22. The molecule has 0 amide bonds. The first-order valence-corrected chi connectivity index (χ1v) is 5.86. The molecule has 0 saturated carbocycles. The number of hydrogen-bond acceptors (Lipinski definition) is 4. The van der Waals surface area contributed by atoms with Crippen LogP contribution in [0.2, 0.25) is 0 Å². The molecule has 2 heterocycles. The highest BCUT2D eigenvalue weighted by Crippen LogP contribution is 2.19. The van der Waals surface area contributed by atoms with Gasteiger partial charge in [0.05, 0.1) is 18.9 Å². The lowest BCUT2D eigenvalue weighted by atomic mass is 10.1. The predicted octanol–water partition coefficient (Wildman–Crippen LogP) is 1.49. The quantitative estimate of drug-likeness (QED) is 0.869. The second-order valence-electron chi connectivity index (χ2n) is 4.11. The zero-order valence-electron chi connectivity index (χ0n) is 10.6. The first-order chi connectivity index (χ1) is 8.70. The van der Waals surface area contributed by atoms with E-state index in [0.29, 0.717) is 18.0 Å². The second-order valence-corrected chi connectivity index (χ2v) is 4.11. The Hall–Kier alpha value is -1.88. The third-order valence-corrected chi connectivity index (χ3v) is 2.89. The van der Waals surface area contributed by atoms with E-state index in [-0.39, 0.29) is 0 Å². The Bertz CT molecular complexity index is 510. The van der Waals surface area contributed by atoms with Gasteiger partial charge in [0.2, 0.25) is 5.88 Å². The van der Waals surface area contributed by atoms with Gasteiger partial charge in [0, 0.05) is 25.0 Å². The maximum Gasteiger partial charge on any atom is 0.213 e. The SMILES string of the molecule is COc1cccc(C(O)CCc2ccnn2C)n1. The van der Waals surface area contributed by atoms with Gasteiger partial charge in [-0.2, -0.15) is 5.10 Å². The van der Waals surface area contributed by atoms with Crippen molar-refractivity contribution in [1.82, 2.24) is 14.8 Å². The van der Waals surface area contributed by atoms with Crippen molar-refractivity contribution in [1.29, 1.82) is 0 Å². The molecule has 1 unspecified atom stereocenters. The third-order valence-electron chi connectivity index (χ3n) is 2.89. The number of aromatic nitrogens is 3. The number of aliphatic hydroxyl groups is 1. The highest BCUT2D eigenvalue weighted by molar-refractivity contribution is 5.17. The zero-order chi connectivity index (χ0) is 13.0. The van der Waals surface area contributed by atoms with Gasteiger partial charge in [-0.05, 0) is 25.0 Å². The lowest BCUT2D eigenvalue weighted by Crippen LogP contribution is -2.05. The summed E-state index contributed by atoms with van der Waals surface area (Å²) >= 11 is 0. The monoisotopic (exact) mass is 247 g/mol. The van der Waals surface area contributed by atoms with Crippen molar-refractivity contribution in [3.63, 3.8) is 0 Å². The Morgan fingerprint density at radius 3 is 2.89 bits per heavy atom. The van der Waals surface area contributed by atoms with Crippen LogP contribution in [0.3, 0.4) is 0 Å². The summed E-state index contributed by atoms with van der Waals surface area (Å²) in [6.07, 6.45) is 2.54. The fourth-order valence-electron chi connectivity index (χ4n) is 1.81. The molecular weight excluding hydrogens is 230 g/mol. The van der Waals surface area contributed by atoms with E-state index < -0.39 is 6.10 Å². The van der Waals surface area contributed by atoms with E-state index in [1.165, 1.54) is 0 Å². The first kappa shape index (κ1) is 12.6. The lowest BCUT2D eigenvalue weighted by Gasteiger charge is -2.11. The molecule has 1 N–H and O–H groups in total. The van der Waals surface area contributed by atoms with Gasteiger partial charge >= 0.3 is 0 Å². The zero-order valence-corrected chi connectivity index (χ0v) is 10.6. The molecule has 0 saturated heterocycles. The molecule has 0 aliphatic carbocycles. The highest BCUT2D eigenvalue weighted by atomic mass is 16.5. The van der Waals surface area contributed by atoms with Crippen LogP contribution in [0.5, 0.6) is 5.88 Å². The Kier molecular flexibility index (Phi) is 3.94. The van der Waals surface area contributed by atoms with Gasteiger partial charge < -0.3 is 9.84 Å². The summed E-state index contributed by atoms with van der Waals surface area (Å²) in [5, 5.41) is 14.2. The normalized spacial score (nSPS) is 12.4. The van der Waals surface area contributed by atoms with E-state index in [0.717, 1.165) is 12.1 Å². The Balaban J connectivity index is 1.99. The first-order valence-electron chi connectivity index (χ1n) is 5.86. The average molecular weight is 247 g/mol. The fraction of sp³-hybridized carbons (Fsp3) is 0.385. The second kappa shape index (κ2) is 5.64. The van der Waals surface area contributed by atoms with Crippen molar-refractivity contribution >= 4 is 0 Å². The molecule has 96 valence electrons. The molecule has 2 rings (SSSR count). The van der Waals surface area contributed by atoms with Gasteiger partial charge in [-0.25, -0.2) is 4.98 Å². The van der Waals surface area contributed by atoms with E-state index in [4.69, 9.17) is 4.74 Å². The number of hydrogen-bond donors (Lipinski definition) is 1. The number of ether oxygens (including phenoxy) is 1.